The Bertz CT molecular complexity index is 1120. The molecule has 5 rings (SSSR count). The number of hydrogen-bond acceptors (Lipinski definition) is 8. The Kier molecular flexibility index (Phi) is 6.39. The third kappa shape index (κ3) is 4.51. The summed E-state index contributed by atoms with van der Waals surface area (Å²) in [6, 6.07) is 13.1. The van der Waals surface area contributed by atoms with Crippen LogP contribution in [0.4, 0.5) is 11.8 Å². The van der Waals surface area contributed by atoms with Crippen molar-refractivity contribution in [3.63, 3.8) is 0 Å². The van der Waals surface area contributed by atoms with Gasteiger partial charge < -0.3 is 24.6 Å². The minimum absolute atomic E-state index is 0.215. The lowest BCUT2D eigenvalue weighted by Crippen LogP contribution is -2.46. The molecule has 2 atom stereocenters. The highest BCUT2D eigenvalue weighted by Crippen LogP contribution is 2.31. The normalized spacial score (nSPS) is 21.5. The molecular formula is C25H32N6O2. The van der Waals surface area contributed by atoms with Crippen LogP contribution in [0.3, 0.4) is 0 Å². The van der Waals surface area contributed by atoms with E-state index in [-0.39, 0.29) is 12.1 Å². The number of morpholine rings is 2. The molecule has 0 saturated carbocycles. The average Bonchev–Trinajstić information content (AvgIpc) is 2.84. The van der Waals surface area contributed by atoms with Crippen molar-refractivity contribution in [2.45, 2.75) is 32.5 Å². The minimum atomic E-state index is 0.215. The molecule has 0 amide bonds. The van der Waals surface area contributed by atoms with Gasteiger partial charge in [-0.1, -0.05) is 18.2 Å². The number of fused-ring (bicyclic) bond motifs is 1. The molecule has 2 saturated heterocycles. The van der Waals surface area contributed by atoms with Gasteiger partial charge in [0.15, 0.2) is 5.65 Å². The maximum Gasteiger partial charge on any atom is 0.229 e. The highest BCUT2D eigenvalue weighted by molar-refractivity contribution is 5.90. The Labute approximate surface area is 194 Å². The summed E-state index contributed by atoms with van der Waals surface area (Å²) in [7, 11) is 1.96. The highest BCUT2D eigenvalue weighted by Gasteiger charge is 2.27. The van der Waals surface area contributed by atoms with Crippen molar-refractivity contribution in [2.24, 2.45) is 0 Å². The van der Waals surface area contributed by atoms with Gasteiger partial charge in [0.25, 0.3) is 0 Å². The van der Waals surface area contributed by atoms with Crippen molar-refractivity contribution in [3.05, 3.63) is 42.0 Å². The highest BCUT2D eigenvalue weighted by atomic mass is 16.5. The first kappa shape index (κ1) is 22.0. The molecule has 2 aliphatic heterocycles. The number of ether oxygens (including phenoxy) is 2. The van der Waals surface area contributed by atoms with Crippen LogP contribution < -0.4 is 15.1 Å². The quantitative estimate of drug-likeness (QED) is 0.639. The summed E-state index contributed by atoms with van der Waals surface area (Å²) < 4.78 is 11.3. The van der Waals surface area contributed by atoms with Gasteiger partial charge in [0.05, 0.1) is 49.6 Å². The second-order valence-corrected chi connectivity index (χ2v) is 8.88. The maximum atomic E-state index is 5.68. The van der Waals surface area contributed by atoms with Gasteiger partial charge in [-0.2, -0.15) is 9.97 Å². The number of rotatable bonds is 5. The molecule has 1 aromatic carbocycles. The van der Waals surface area contributed by atoms with Gasteiger partial charge in [0, 0.05) is 25.2 Å². The first-order chi connectivity index (χ1) is 16.1. The summed E-state index contributed by atoms with van der Waals surface area (Å²) in [6.07, 6.45) is 0. The molecular weight excluding hydrogens is 416 g/mol. The number of benzene rings is 1. The van der Waals surface area contributed by atoms with Gasteiger partial charge in [-0.25, -0.2) is 4.98 Å². The number of nitrogens with zero attached hydrogens (tertiary/aromatic N) is 5. The molecule has 0 aliphatic carbocycles. The molecule has 3 aromatic rings. The van der Waals surface area contributed by atoms with Crippen molar-refractivity contribution >= 4 is 22.8 Å². The van der Waals surface area contributed by atoms with E-state index >= 15 is 0 Å². The van der Waals surface area contributed by atoms with Crippen LogP contribution in [0.25, 0.3) is 22.3 Å². The van der Waals surface area contributed by atoms with E-state index in [2.05, 4.69) is 65.4 Å². The largest absolute Gasteiger partial charge is 0.377 e. The van der Waals surface area contributed by atoms with Gasteiger partial charge >= 0.3 is 0 Å². The molecule has 33 heavy (non-hydrogen) atoms. The minimum Gasteiger partial charge on any atom is -0.377 e. The van der Waals surface area contributed by atoms with Crippen LogP contribution in [0.2, 0.25) is 0 Å². The summed E-state index contributed by atoms with van der Waals surface area (Å²) in [5.41, 5.74) is 3.96. The van der Waals surface area contributed by atoms with E-state index in [1.54, 1.807) is 0 Å². The SMILES string of the molecule is CNCc1cccc(-c2ccc3c(N4CCOC[C@@H]4C)nc(N4CCOC[C@@H]4C)nc3n2)c1. The van der Waals surface area contributed by atoms with E-state index in [4.69, 9.17) is 24.4 Å². The molecule has 2 fully saturated rings. The van der Waals surface area contributed by atoms with Crippen molar-refractivity contribution in [3.8, 4) is 11.3 Å². The van der Waals surface area contributed by atoms with Crippen molar-refractivity contribution in [1.82, 2.24) is 20.3 Å². The van der Waals surface area contributed by atoms with Crippen LogP contribution in [-0.2, 0) is 16.0 Å². The van der Waals surface area contributed by atoms with Crippen LogP contribution >= 0.6 is 0 Å². The van der Waals surface area contributed by atoms with Crippen LogP contribution in [0.1, 0.15) is 19.4 Å². The summed E-state index contributed by atoms with van der Waals surface area (Å²) in [5.74, 6) is 1.66. The van der Waals surface area contributed by atoms with Crippen LogP contribution in [0, 0.1) is 0 Å². The topological polar surface area (TPSA) is 75.6 Å². The van der Waals surface area contributed by atoms with E-state index in [1.165, 1.54) is 5.56 Å². The average molecular weight is 449 g/mol. The Morgan fingerprint density at radius 2 is 1.70 bits per heavy atom. The third-order valence-electron chi connectivity index (χ3n) is 6.40. The fourth-order valence-corrected chi connectivity index (χ4v) is 4.60. The fourth-order valence-electron chi connectivity index (χ4n) is 4.60. The number of pyridine rings is 1. The second kappa shape index (κ2) is 9.59. The van der Waals surface area contributed by atoms with E-state index in [0.717, 1.165) is 53.7 Å². The molecule has 174 valence electrons. The molecule has 0 unspecified atom stereocenters. The van der Waals surface area contributed by atoms with Gasteiger partial charge in [0.1, 0.15) is 5.82 Å². The Hall–Kier alpha value is -2.81. The molecule has 0 bridgehead atoms. The molecule has 0 spiro atoms. The van der Waals surface area contributed by atoms with Crippen molar-refractivity contribution < 1.29 is 9.47 Å². The number of hydrogen-bond donors (Lipinski definition) is 1. The lowest BCUT2D eigenvalue weighted by molar-refractivity contribution is 0.0973. The number of aromatic nitrogens is 3. The Morgan fingerprint density at radius 3 is 2.42 bits per heavy atom. The molecule has 0 radical (unpaired) electrons. The lowest BCUT2D eigenvalue weighted by Gasteiger charge is -2.37. The van der Waals surface area contributed by atoms with Gasteiger partial charge in [-0.05, 0) is 44.7 Å². The van der Waals surface area contributed by atoms with Gasteiger partial charge in [0.2, 0.25) is 5.95 Å². The van der Waals surface area contributed by atoms with E-state index < -0.39 is 0 Å². The zero-order valence-corrected chi connectivity index (χ0v) is 19.6. The summed E-state index contributed by atoms with van der Waals surface area (Å²) in [4.78, 5) is 19.6. The number of anilines is 2. The molecule has 4 heterocycles. The Morgan fingerprint density at radius 1 is 0.939 bits per heavy atom. The van der Waals surface area contributed by atoms with Crippen LogP contribution in [0.5, 0.6) is 0 Å². The van der Waals surface area contributed by atoms with Crippen LogP contribution in [-0.4, -0.2) is 73.6 Å². The first-order valence-corrected chi connectivity index (χ1v) is 11.8. The summed E-state index contributed by atoms with van der Waals surface area (Å²) >= 11 is 0. The van der Waals surface area contributed by atoms with Gasteiger partial charge in [-0.3, -0.25) is 0 Å². The standard InChI is InChI=1S/C25H32N6O2/c1-17-15-32-11-9-30(17)24-21-7-8-22(20-6-4-5-19(13-20)14-26-3)27-23(21)28-25(29-24)31-10-12-33-16-18(31)2/h4-8,13,17-18,26H,9-12,14-16H2,1-3H3/t17-,18-/m0/s1. The number of nitrogens with one attached hydrogen (secondary N) is 1. The van der Waals surface area contributed by atoms with E-state index in [0.29, 0.717) is 26.4 Å². The van der Waals surface area contributed by atoms with Crippen molar-refractivity contribution in [2.75, 3.05) is 56.4 Å². The molecule has 1 N–H and O–H groups in total. The monoisotopic (exact) mass is 448 g/mol. The molecule has 2 aliphatic rings. The fraction of sp³-hybridized carbons (Fsp3) is 0.480. The Balaban J connectivity index is 1.62. The maximum absolute atomic E-state index is 5.68. The predicted octanol–water partition coefficient (Wildman–Crippen LogP) is 2.86. The van der Waals surface area contributed by atoms with Crippen molar-refractivity contribution in [1.29, 1.82) is 0 Å². The lowest BCUT2D eigenvalue weighted by atomic mass is 10.1. The zero-order valence-electron chi connectivity index (χ0n) is 19.6. The summed E-state index contributed by atoms with van der Waals surface area (Å²) in [5, 5.41) is 4.19. The van der Waals surface area contributed by atoms with Gasteiger partial charge in [-0.15, -0.1) is 0 Å². The van der Waals surface area contributed by atoms with E-state index in [9.17, 15) is 0 Å². The zero-order chi connectivity index (χ0) is 22.8. The smallest absolute Gasteiger partial charge is 0.229 e. The molecule has 2 aromatic heterocycles. The summed E-state index contributed by atoms with van der Waals surface area (Å²) in [6.45, 7) is 9.48. The molecule has 8 nitrogen and oxygen atoms in total. The third-order valence-corrected chi connectivity index (χ3v) is 6.40. The molecule has 8 heteroatoms. The van der Waals surface area contributed by atoms with Crippen LogP contribution in [0.15, 0.2) is 36.4 Å². The second-order valence-electron chi connectivity index (χ2n) is 8.88. The first-order valence-electron chi connectivity index (χ1n) is 11.8. The predicted molar refractivity (Wildman–Crippen MR) is 131 cm³/mol. The van der Waals surface area contributed by atoms with E-state index in [1.807, 2.05) is 7.05 Å².